The van der Waals surface area contributed by atoms with Crippen LogP contribution >= 0.6 is 0 Å². The smallest absolute Gasteiger partial charge is 0.211 e. The van der Waals surface area contributed by atoms with Gasteiger partial charge in [-0.25, -0.2) is 8.42 Å². The van der Waals surface area contributed by atoms with Crippen molar-refractivity contribution in [1.82, 2.24) is 14.1 Å². The second-order valence-corrected chi connectivity index (χ2v) is 10.1. The molecule has 140 valence electrons. The molecule has 3 fully saturated rings. The summed E-state index contributed by atoms with van der Waals surface area (Å²) >= 11 is 0. The van der Waals surface area contributed by atoms with Gasteiger partial charge in [0, 0.05) is 18.1 Å². The summed E-state index contributed by atoms with van der Waals surface area (Å²) in [6.07, 6.45) is 11.8. The fourth-order valence-electron chi connectivity index (χ4n) is 4.77. The monoisotopic (exact) mass is 357 g/mol. The van der Waals surface area contributed by atoms with Crippen LogP contribution < -0.4 is 0 Å². The molecule has 0 bridgehead atoms. The maximum atomic E-state index is 12.3. The van der Waals surface area contributed by atoms with Gasteiger partial charge in [-0.05, 0) is 84.6 Å². The number of hydrogen-bond donors (Lipinski definition) is 0. The van der Waals surface area contributed by atoms with Crippen molar-refractivity contribution in [2.24, 2.45) is 0 Å². The summed E-state index contributed by atoms with van der Waals surface area (Å²) in [6.45, 7) is 4.61. The Kier molecular flexibility index (Phi) is 6.22. The molecule has 0 aromatic heterocycles. The summed E-state index contributed by atoms with van der Waals surface area (Å²) in [5, 5.41) is 0. The lowest BCUT2D eigenvalue weighted by Gasteiger charge is -2.40. The highest BCUT2D eigenvalue weighted by Gasteiger charge is 2.37. The molecule has 6 heteroatoms. The third-order valence-corrected chi connectivity index (χ3v) is 7.78. The Balaban J connectivity index is 1.52. The second-order valence-electron chi connectivity index (χ2n) is 8.17. The van der Waals surface area contributed by atoms with Gasteiger partial charge in [0.05, 0.1) is 6.26 Å². The van der Waals surface area contributed by atoms with Crippen LogP contribution in [-0.4, -0.2) is 80.1 Å². The predicted molar refractivity (Wildman–Crippen MR) is 98.7 cm³/mol. The summed E-state index contributed by atoms with van der Waals surface area (Å²) in [5.74, 6) is 0. The Morgan fingerprint density at radius 1 is 0.917 bits per heavy atom. The van der Waals surface area contributed by atoms with E-state index in [2.05, 4.69) is 16.8 Å². The van der Waals surface area contributed by atoms with Crippen LogP contribution in [0.25, 0.3) is 0 Å². The molecular weight excluding hydrogens is 322 g/mol. The average Bonchev–Trinajstić information content (AvgIpc) is 2.74. The molecule has 24 heavy (non-hydrogen) atoms. The molecule has 3 aliphatic rings. The van der Waals surface area contributed by atoms with Crippen LogP contribution in [0.2, 0.25) is 0 Å². The molecular formula is C18H35N3O2S. The van der Waals surface area contributed by atoms with Gasteiger partial charge < -0.3 is 9.80 Å². The van der Waals surface area contributed by atoms with Gasteiger partial charge in [0.2, 0.25) is 10.0 Å². The molecule has 0 spiro atoms. The third kappa shape index (κ3) is 4.51. The van der Waals surface area contributed by atoms with E-state index >= 15 is 0 Å². The number of rotatable bonds is 6. The van der Waals surface area contributed by atoms with Gasteiger partial charge >= 0.3 is 0 Å². The second kappa shape index (κ2) is 8.02. The van der Waals surface area contributed by atoms with Crippen molar-refractivity contribution in [3.05, 3.63) is 0 Å². The fraction of sp³-hybridized carbons (Fsp3) is 1.00. The van der Waals surface area contributed by atoms with Crippen molar-refractivity contribution >= 4 is 10.0 Å². The van der Waals surface area contributed by atoms with Gasteiger partial charge in [-0.3, -0.25) is 0 Å². The molecule has 1 aliphatic carbocycles. The molecule has 5 nitrogen and oxygen atoms in total. The van der Waals surface area contributed by atoms with Crippen molar-refractivity contribution in [3.8, 4) is 0 Å². The zero-order chi connectivity index (χ0) is 17.2. The lowest BCUT2D eigenvalue weighted by molar-refractivity contribution is 0.160. The van der Waals surface area contributed by atoms with Gasteiger partial charge in [0.25, 0.3) is 0 Å². The molecule has 2 saturated heterocycles. The summed E-state index contributed by atoms with van der Waals surface area (Å²) in [5.41, 5.74) is 0. The van der Waals surface area contributed by atoms with Crippen LogP contribution in [0.15, 0.2) is 0 Å². The van der Waals surface area contributed by atoms with Crippen LogP contribution in [-0.2, 0) is 10.0 Å². The zero-order valence-electron chi connectivity index (χ0n) is 15.5. The first-order valence-electron chi connectivity index (χ1n) is 9.86. The molecule has 2 aliphatic heterocycles. The van der Waals surface area contributed by atoms with Gasteiger partial charge in [0.15, 0.2) is 0 Å². The van der Waals surface area contributed by atoms with Crippen molar-refractivity contribution in [1.29, 1.82) is 0 Å². The Morgan fingerprint density at radius 2 is 1.58 bits per heavy atom. The first-order valence-corrected chi connectivity index (χ1v) is 11.7. The van der Waals surface area contributed by atoms with Crippen molar-refractivity contribution in [2.45, 2.75) is 75.9 Å². The van der Waals surface area contributed by atoms with E-state index in [1.54, 1.807) is 0 Å². The lowest BCUT2D eigenvalue weighted by Crippen LogP contribution is -2.49. The van der Waals surface area contributed by atoms with E-state index in [0.29, 0.717) is 0 Å². The average molecular weight is 358 g/mol. The first-order chi connectivity index (χ1) is 11.4. The van der Waals surface area contributed by atoms with Gasteiger partial charge in [-0.1, -0.05) is 6.42 Å². The molecule has 2 atom stereocenters. The van der Waals surface area contributed by atoms with E-state index in [4.69, 9.17) is 0 Å². The summed E-state index contributed by atoms with van der Waals surface area (Å²) < 4.78 is 26.5. The van der Waals surface area contributed by atoms with Crippen LogP contribution in [0.1, 0.15) is 57.8 Å². The Morgan fingerprint density at radius 3 is 2.17 bits per heavy atom. The van der Waals surface area contributed by atoms with E-state index < -0.39 is 10.0 Å². The highest BCUT2D eigenvalue weighted by Crippen LogP contribution is 2.32. The number of likely N-dealkylation sites (tertiary alicyclic amines) is 2. The van der Waals surface area contributed by atoms with Crippen molar-refractivity contribution in [2.75, 3.05) is 39.5 Å². The molecule has 0 aromatic carbocycles. The SMILES string of the molecule is CN1CCC[C@H]1CCN1CCC[C@H](N(C2CCC2)S(C)(=O)=O)CC1. The third-order valence-electron chi connectivity index (χ3n) is 6.42. The largest absolute Gasteiger partial charge is 0.303 e. The van der Waals surface area contributed by atoms with E-state index in [1.165, 1.54) is 45.0 Å². The maximum absolute atomic E-state index is 12.3. The topological polar surface area (TPSA) is 43.9 Å². The normalized spacial score (nSPS) is 31.3. The minimum Gasteiger partial charge on any atom is -0.303 e. The Hall–Kier alpha value is -0.170. The van der Waals surface area contributed by atoms with Gasteiger partial charge in [-0.2, -0.15) is 4.31 Å². The first kappa shape index (κ1) is 18.6. The molecule has 0 radical (unpaired) electrons. The highest BCUT2D eigenvalue weighted by molar-refractivity contribution is 7.88. The standard InChI is InChI=1S/C18H35N3O2S/c1-19-12-4-8-16(19)10-14-20-13-5-9-18(11-15-20)21(24(2,22)23)17-6-3-7-17/h16-18H,3-15H2,1-2H3/t16-,18-/m0/s1. The van der Waals surface area contributed by atoms with Gasteiger partial charge in [0.1, 0.15) is 0 Å². The Labute approximate surface area is 148 Å². The van der Waals surface area contributed by atoms with E-state index in [-0.39, 0.29) is 12.1 Å². The van der Waals surface area contributed by atoms with Crippen molar-refractivity contribution < 1.29 is 8.42 Å². The maximum Gasteiger partial charge on any atom is 0.211 e. The molecule has 0 aromatic rings. The summed E-state index contributed by atoms with van der Waals surface area (Å²) in [7, 11) is -0.834. The van der Waals surface area contributed by atoms with E-state index in [9.17, 15) is 8.42 Å². The van der Waals surface area contributed by atoms with E-state index in [1.807, 2.05) is 4.31 Å². The fourth-order valence-corrected chi connectivity index (χ4v) is 6.28. The molecule has 3 rings (SSSR count). The van der Waals surface area contributed by atoms with Crippen LogP contribution in [0.4, 0.5) is 0 Å². The zero-order valence-corrected chi connectivity index (χ0v) is 16.3. The van der Waals surface area contributed by atoms with E-state index in [0.717, 1.165) is 51.2 Å². The summed E-state index contributed by atoms with van der Waals surface area (Å²) in [6, 6.07) is 1.26. The summed E-state index contributed by atoms with van der Waals surface area (Å²) in [4.78, 5) is 5.08. The molecule has 0 amide bonds. The predicted octanol–water partition coefficient (Wildman–Crippen LogP) is 2.14. The number of sulfonamides is 1. The minimum atomic E-state index is -3.08. The molecule has 1 saturated carbocycles. The number of nitrogens with zero attached hydrogens (tertiary/aromatic N) is 3. The van der Waals surface area contributed by atoms with Gasteiger partial charge in [-0.15, -0.1) is 0 Å². The van der Waals surface area contributed by atoms with Crippen LogP contribution in [0.5, 0.6) is 0 Å². The lowest BCUT2D eigenvalue weighted by atomic mass is 9.91. The molecule has 0 N–H and O–H groups in total. The molecule has 0 unspecified atom stereocenters. The molecule has 2 heterocycles. The van der Waals surface area contributed by atoms with Crippen molar-refractivity contribution in [3.63, 3.8) is 0 Å². The minimum absolute atomic E-state index is 0.226. The highest BCUT2D eigenvalue weighted by atomic mass is 32.2. The Bertz CT molecular complexity index is 506. The van der Waals surface area contributed by atoms with Crippen LogP contribution in [0.3, 0.4) is 0 Å². The van der Waals surface area contributed by atoms with Crippen LogP contribution in [0, 0.1) is 0 Å². The number of hydrogen-bond acceptors (Lipinski definition) is 4. The quantitative estimate of drug-likeness (QED) is 0.730.